The topological polar surface area (TPSA) is 82.1 Å². The van der Waals surface area contributed by atoms with Gasteiger partial charge in [-0.3, -0.25) is 9.59 Å². The molecule has 0 radical (unpaired) electrons. The lowest BCUT2D eigenvalue weighted by Gasteiger charge is -2.65. The van der Waals surface area contributed by atoms with Crippen molar-refractivity contribution in [1.29, 1.82) is 0 Å². The van der Waals surface area contributed by atoms with Gasteiger partial charge in [0.1, 0.15) is 5.60 Å². The molecule has 28 heavy (non-hydrogen) atoms. The van der Waals surface area contributed by atoms with Gasteiger partial charge in [-0.15, -0.1) is 0 Å². The standard InChI is InChI=1S/C22H34O6/c1-14(23)27-20(5)16(24)11-15-18(2,3)7-6-8-19(15,4)22(20)10-9-21(28-22)12-17(25)26-13-21/h15,17,25H,6-13H2,1-5H3/t15-,17+,19-,20-,21-,22-/m0/s1. The number of ketones is 1. The summed E-state index contributed by atoms with van der Waals surface area (Å²) in [6.45, 7) is 10.2. The molecular weight excluding hydrogens is 360 g/mol. The van der Waals surface area contributed by atoms with Gasteiger partial charge >= 0.3 is 5.97 Å². The summed E-state index contributed by atoms with van der Waals surface area (Å²) in [7, 11) is 0. The monoisotopic (exact) mass is 394 g/mol. The fourth-order valence-electron chi connectivity index (χ4n) is 7.23. The fourth-order valence-corrected chi connectivity index (χ4v) is 7.23. The first-order valence-corrected chi connectivity index (χ1v) is 10.6. The lowest BCUT2D eigenvalue weighted by molar-refractivity contribution is -0.286. The number of fused-ring (bicyclic) bond motifs is 2. The highest BCUT2D eigenvalue weighted by Gasteiger charge is 2.76. The van der Waals surface area contributed by atoms with E-state index in [1.807, 2.05) is 0 Å². The SMILES string of the molecule is CC(=O)O[C@@]1(C)C(=O)C[C@H]2C(C)(C)CCC[C@]2(C)[C@@]12CC[C@]1(CO[C@@H](O)C1)O2. The third kappa shape index (κ3) is 2.50. The van der Waals surface area contributed by atoms with Crippen LogP contribution < -0.4 is 0 Å². The van der Waals surface area contributed by atoms with E-state index in [1.54, 1.807) is 6.92 Å². The van der Waals surface area contributed by atoms with Crippen molar-refractivity contribution in [3.8, 4) is 0 Å². The average molecular weight is 395 g/mol. The Balaban J connectivity index is 1.86. The first-order valence-electron chi connectivity index (χ1n) is 10.6. The minimum absolute atomic E-state index is 0.0119. The molecule has 0 unspecified atom stereocenters. The van der Waals surface area contributed by atoms with Crippen LogP contribution in [0.25, 0.3) is 0 Å². The zero-order valence-electron chi connectivity index (χ0n) is 17.8. The molecule has 0 aromatic heterocycles. The zero-order valence-corrected chi connectivity index (χ0v) is 17.8. The second kappa shape index (κ2) is 6.02. The third-order valence-electron chi connectivity index (χ3n) is 8.60. The van der Waals surface area contributed by atoms with Crippen molar-refractivity contribution >= 4 is 11.8 Å². The maximum absolute atomic E-state index is 13.5. The van der Waals surface area contributed by atoms with Gasteiger partial charge in [0.25, 0.3) is 0 Å². The highest BCUT2D eigenvalue weighted by molar-refractivity contribution is 5.92. The molecule has 0 aromatic carbocycles. The van der Waals surface area contributed by atoms with E-state index >= 15 is 0 Å². The van der Waals surface area contributed by atoms with E-state index in [4.69, 9.17) is 14.2 Å². The Morgan fingerprint density at radius 1 is 1.14 bits per heavy atom. The number of aliphatic hydroxyl groups excluding tert-OH is 1. The molecule has 158 valence electrons. The molecule has 4 rings (SSSR count). The Morgan fingerprint density at radius 3 is 2.46 bits per heavy atom. The summed E-state index contributed by atoms with van der Waals surface area (Å²) in [6, 6.07) is 0. The van der Waals surface area contributed by atoms with Crippen LogP contribution in [0.3, 0.4) is 0 Å². The molecule has 2 saturated heterocycles. The van der Waals surface area contributed by atoms with Gasteiger partial charge < -0.3 is 19.3 Å². The smallest absolute Gasteiger partial charge is 0.303 e. The predicted octanol–water partition coefficient (Wildman–Crippen LogP) is 3.14. The van der Waals surface area contributed by atoms with Gasteiger partial charge in [-0.1, -0.05) is 27.2 Å². The number of ether oxygens (including phenoxy) is 3. The molecular formula is C22H34O6. The summed E-state index contributed by atoms with van der Waals surface area (Å²) in [6.07, 6.45) is 4.34. The van der Waals surface area contributed by atoms with Crippen LogP contribution in [0.15, 0.2) is 0 Å². The van der Waals surface area contributed by atoms with Crippen molar-refractivity contribution in [3.63, 3.8) is 0 Å². The van der Waals surface area contributed by atoms with Gasteiger partial charge in [0.2, 0.25) is 0 Å². The summed E-state index contributed by atoms with van der Waals surface area (Å²) in [5.41, 5.74) is -3.14. The van der Waals surface area contributed by atoms with Gasteiger partial charge in [0, 0.05) is 25.2 Å². The van der Waals surface area contributed by atoms with Crippen LogP contribution in [0.1, 0.15) is 79.6 Å². The molecule has 4 fully saturated rings. The van der Waals surface area contributed by atoms with E-state index in [0.29, 0.717) is 32.3 Å². The van der Waals surface area contributed by atoms with Crippen LogP contribution in [0.2, 0.25) is 0 Å². The zero-order chi connectivity index (χ0) is 20.6. The lowest BCUT2D eigenvalue weighted by Crippen LogP contribution is -2.74. The number of carbonyl (C=O) groups excluding carboxylic acids is 2. The van der Waals surface area contributed by atoms with Crippen molar-refractivity contribution in [2.75, 3.05) is 6.61 Å². The Hall–Kier alpha value is -0.980. The highest BCUT2D eigenvalue weighted by atomic mass is 16.7. The summed E-state index contributed by atoms with van der Waals surface area (Å²) in [5, 5.41) is 9.99. The summed E-state index contributed by atoms with van der Waals surface area (Å²) < 4.78 is 18.2. The third-order valence-corrected chi connectivity index (χ3v) is 8.60. The molecule has 0 bridgehead atoms. The largest absolute Gasteiger partial charge is 0.448 e. The molecule has 2 spiro atoms. The Kier molecular flexibility index (Phi) is 4.36. The van der Waals surface area contributed by atoms with Crippen molar-refractivity contribution in [2.24, 2.45) is 16.7 Å². The van der Waals surface area contributed by atoms with E-state index in [-0.39, 0.29) is 22.5 Å². The number of hydrogen-bond donors (Lipinski definition) is 1. The van der Waals surface area contributed by atoms with Gasteiger partial charge in [-0.25, -0.2) is 0 Å². The summed E-state index contributed by atoms with van der Waals surface area (Å²) in [4.78, 5) is 25.6. The van der Waals surface area contributed by atoms with Crippen LogP contribution in [-0.2, 0) is 23.8 Å². The van der Waals surface area contributed by atoms with Gasteiger partial charge in [0.05, 0.1) is 12.2 Å². The summed E-state index contributed by atoms with van der Waals surface area (Å²) >= 11 is 0. The van der Waals surface area contributed by atoms with E-state index < -0.39 is 29.1 Å². The minimum atomic E-state index is -1.32. The van der Waals surface area contributed by atoms with Crippen molar-refractivity contribution < 1.29 is 28.9 Å². The van der Waals surface area contributed by atoms with Crippen LogP contribution in [0, 0.1) is 16.7 Å². The van der Waals surface area contributed by atoms with Crippen molar-refractivity contribution in [3.05, 3.63) is 0 Å². The Labute approximate surface area is 167 Å². The molecule has 0 amide bonds. The van der Waals surface area contributed by atoms with Crippen molar-refractivity contribution in [1.82, 2.24) is 0 Å². The average Bonchev–Trinajstić information content (AvgIpc) is 3.13. The second-order valence-corrected chi connectivity index (χ2v) is 10.6. The fraction of sp³-hybridized carbons (Fsp3) is 0.909. The van der Waals surface area contributed by atoms with E-state index in [9.17, 15) is 14.7 Å². The predicted molar refractivity (Wildman–Crippen MR) is 101 cm³/mol. The summed E-state index contributed by atoms with van der Waals surface area (Å²) in [5.74, 6) is -0.344. The molecule has 4 aliphatic rings. The molecule has 2 aliphatic heterocycles. The van der Waals surface area contributed by atoms with Crippen LogP contribution in [-0.4, -0.2) is 46.6 Å². The van der Waals surface area contributed by atoms with Crippen LogP contribution in [0.5, 0.6) is 0 Å². The van der Waals surface area contributed by atoms with Gasteiger partial charge in [-0.05, 0) is 43.9 Å². The lowest BCUT2D eigenvalue weighted by atomic mass is 9.43. The number of rotatable bonds is 1. The first-order chi connectivity index (χ1) is 12.9. The van der Waals surface area contributed by atoms with E-state index in [0.717, 1.165) is 19.3 Å². The van der Waals surface area contributed by atoms with E-state index in [2.05, 4.69) is 20.8 Å². The highest BCUT2D eigenvalue weighted by Crippen LogP contribution is 2.69. The first kappa shape index (κ1) is 20.3. The maximum atomic E-state index is 13.5. The molecule has 0 aromatic rings. The molecule has 2 heterocycles. The maximum Gasteiger partial charge on any atom is 0.303 e. The number of aliphatic hydroxyl groups is 1. The number of esters is 1. The Morgan fingerprint density at radius 2 is 1.86 bits per heavy atom. The molecule has 2 saturated carbocycles. The van der Waals surface area contributed by atoms with Crippen molar-refractivity contribution in [2.45, 2.75) is 103 Å². The normalized spacial score (nSPS) is 50.1. The Bertz CT molecular complexity index is 703. The second-order valence-electron chi connectivity index (χ2n) is 10.6. The number of carbonyl (C=O) groups is 2. The van der Waals surface area contributed by atoms with E-state index in [1.165, 1.54) is 6.92 Å². The van der Waals surface area contributed by atoms with Gasteiger partial charge in [-0.2, -0.15) is 0 Å². The van der Waals surface area contributed by atoms with Gasteiger partial charge in [0.15, 0.2) is 17.7 Å². The number of hydrogen-bond acceptors (Lipinski definition) is 6. The molecule has 6 atom stereocenters. The van der Waals surface area contributed by atoms with Crippen LogP contribution in [0.4, 0.5) is 0 Å². The minimum Gasteiger partial charge on any atom is -0.448 e. The molecule has 1 N–H and O–H groups in total. The molecule has 2 aliphatic carbocycles. The quantitative estimate of drug-likeness (QED) is 0.688. The molecule has 6 nitrogen and oxygen atoms in total. The van der Waals surface area contributed by atoms with Crippen LogP contribution >= 0.6 is 0 Å². The number of Topliss-reactive ketones (excluding diaryl/α,β-unsaturated/α-hetero) is 1. The molecule has 6 heteroatoms.